The number of benzene rings is 1. The van der Waals surface area contributed by atoms with Crippen LogP contribution in [0.15, 0.2) is 12.1 Å². The average molecular weight is 974 g/mol. The van der Waals surface area contributed by atoms with Gasteiger partial charge in [0.1, 0.15) is 6.10 Å². The van der Waals surface area contributed by atoms with Crippen LogP contribution in [-0.4, -0.2) is 56.8 Å². The molecule has 7 heteroatoms. The maximum absolute atomic E-state index is 13.7. The summed E-state index contributed by atoms with van der Waals surface area (Å²) in [7, 11) is 0. The highest BCUT2D eigenvalue weighted by Gasteiger charge is 2.22. The van der Waals surface area contributed by atoms with Gasteiger partial charge in [0, 0.05) is 6.61 Å². The molecule has 0 aromatic heterocycles. The first-order chi connectivity index (χ1) is 34.1. The van der Waals surface area contributed by atoms with E-state index < -0.39 is 12.1 Å². The fourth-order valence-electron chi connectivity index (χ4n) is 9.28. The molecule has 1 rings (SSSR count). The Hall–Kier alpha value is -1.99. The Labute approximate surface area is 428 Å². The number of aliphatic hydroxyl groups is 1. The third-order valence-corrected chi connectivity index (χ3v) is 13.9. The average Bonchev–Trinajstić information content (AvgIpc) is 3.36. The van der Waals surface area contributed by atoms with Crippen LogP contribution in [0.2, 0.25) is 0 Å². The van der Waals surface area contributed by atoms with Gasteiger partial charge in [-0.25, -0.2) is 4.79 Å². The largest absolute Gasteiger partial charge is 0.490 e. The van der Waals surface area contributed by atoms with Crippen molar-refractivity contribution in [3.8, 4) is 17.2 Å². The van der Waals surface area contributed by atoms with Gasteiger partial charge in [-0.2, -0.15) is 0 Å². The van der Waals surface area contributed by atoms with Crippen molar-refractivity contribution in [1.29, 1.82) is 0 Å². The van der Waals surface area contributed by atoms with Gasteiger partial charge < -0.3 is 28.8 Å². The van der Waals surface area contributed by atoms with Gasteiger partial charge in [-0.05, 0) is 37.8 Å². The first-order valence-electron chi connectivity index (χ1n) is 30.6. The van der Waals surface area contributed by atoms with E-state index in [2.05, 4.69) is 27.7 Å². The zero-order chi connectivity index (χ0) is 49.8. The summed E-state index contributed by atoms with van der Waals surface area (Å²) in [4.78, 5) is 13.7. The second-order valence-corrected chi connectivity index (χ2v) is 20.8. The zero-order valence-corrected chi connectivity index (χ0v) is 46.5. The lowest BCUT2D eigenvalue weighted by molar-refractivity contribution is -0.0242. The number of esters is 1. The van der Waals surface area contributed by atoms with Crippen molar-refractivity contribution < 1.29 is 33.6 Å². The molecule has 0 bridgehead atoms. The molecule has 0 aliphatic rings. The molecule has 7 nitrogen and oxygen atoms in total. The van der Waals surface area contributed by atoms with Crippen molar-refractivity contribution in [2.24, 2.45) is 0 Å². The van der Waals surface area contributed by atoms with Crippen molar-refractivity contribution in [3.63, 3.8) is 0 Å². The first-order valence-corrected chi connectivity index (χ1v) is 30.6. The summed E-state index contributed by atoms with van der Waals surface area (Å²) in [5.74, 6) is 1.16. The van der Waals surface area contributed by atoms with E-state index in [1.807, 2.05) is 0 Å². The molecule has 1 unspecified atom stereocenters. The number of hydrogen-bond donors (Lipinski definition) is 1. The van der Waals surface area contributed by atoms with E-state index in [0.29, 0.717) is 49.2 Å². The SMILES string of the molecule is CCCCCCCCCCCCCCCCOc1cc(C(=O)OC(CO)COCCCC)cc(OCCCCCCCCCCCCCCCC)c1OCCCCCCCCCCCCCCCC. The van der Waals surface area contributed by atoms with Gasteiger partial charge in [0.2, 0.25) is 5.75 Å². The van der Waals surface area contributed by atoms with Crippen LogP contribution in [0.3, 0.4) is 0 Å². The number of ether oxygens (including phenoxy) is 5. The van der Waals surface area contributed by atoms with Crippen LogP contribution < -0.4 is 14.2 Å². The topological polar surface area (TPSA) is 83.5 Å². The Morgan fingerprint density at radius 1 is 0.377 bits per heavy atom. The Kier molecular flexibility index (Phi) is 49.3. The smallest absolute Gasteiger partial charge is 0.338 e. The zero-order valence-electron chi connectivity index (χ0n) is 46.5. The monoisotopic (exact) mass is 973 g/mol. The molecule has 0 fully saturated rings. The van der Waals surface area contributed by atoms with Crippen LogP contribution in [0, 0.1) is 0 Å². The lowest BCUT2D eigenvalue weighted by Gasteiger charge is -2.20. The second kappa shape index (κ2) is 52.3. The third kappa shape index (κ3) is 41.2. The molecular weight excluding hydrogens is 857 g/mol. The Morgan fingerprint density at radius 2 is 0.652 bits per heavy atom. The van der Waals surface area contributed by atoms with E-state index >= 15 is 0 Å². The lowest BCUT2D eigenvalue weighted by atomic mass is 10.0. The minimum atomic E-state index is -0.745. The summed E-state index contributed by atoms with van der Waals surface area (Å²) in [5.41, 5.74) is 0.345. The van der Waals surface area contributed by atoms with Gasteiger partial charge in [0.25, 0.3) is 0 Å². The normalized spacial score (nSPS) is 11.9. The molecule has 0 heterocycles. The molecule has 0 radical (unpaired) electrons. The highest BCUT2D eigenvalue weighted by Crippen LogP contribution is 2.40. The van der Waals surface area contributed by atoms with Crippen LogP contribution in [0.5, 0.6) is 17.2 Å². The molecule has 1 aromatic rings. The number of aliphatic hydroxyl groups excluding tert-OH is 1. The molecule has 406 valence electrons. The van der Waals surface area contributed by atoms with Crippen molar-refractivity contribution in [2.45, 2.75) is 316 Å². The summed E-state index contributed by atoms with van der Waals surface area (Å²) in [6.07, 6.45) is 56.1. The summed E-state index contributed by atoms with van der Waals surface area (Å²) in [6.45, 7) is 11.1. The van der Waals surface area contributed by atoms with E-state index in [4.69, 9.17) is 23.7 Å². The Bertz CT molecular complexity index is 1150. The molecule has 0 spiro atoms. The summed E-state index contributed by atoms with van der Waals surface area (Å²) in [6, 6.07) is 3.52. The minimum absolute atomic E-state index is 0.160. The molecule has 0 aliphatic heterocycles. The molecule has 1 N–H and O–H groups in total. The highest BCUT2D eigenvalue weighted by atomic mass is 16.6. The van der Waals surface area contributed by atoms with Gasteiger partial charge in [0.05, 0.1) is 38.6 Å². The third-order valence-electron chi connectivity index (χ3n) is 13.9. The predicted octanol–water partition coefficient (Wildman–Crippen LogP) is 19.6. The predicted molar refractivity (Wildman–Crippen MR) is 296 cm³/mol. The quantitative estimate of drug-likeness (QED) is 0.0514. The fraction of sp³-hybridized carbons (Fsp3) is 0.887. The second-order valence-electron chi connectivity index (χ2n) is 20.8. The maximum atomic E-state index is 13.7. The Morgan fingerprint density at radius 3 is 0.942 bits per heavy atom. The minimum Gasteiger partial charge on any atom is -0.490 e. The van der Waals surface area contributed by atoms with Crippen LogP contribution in [0.25, 0.3) is 0 Å². The van der Waals surface area contributed by atoms with E-state index in [-0.39, 0.29) is 13.2 Å². The molecule has 0 aliphatic carbocycles. The van der Waals surface area contributed by atoms with Crippen molar-refractivity contribution in [3.05, 3.63) is 17.7 Å². The standard InChI is InChI=1S/C62H116O7/c1-5-9-13-16-19-22-25-28-31-34-37-40-43-46-50-66-59-53-57(62(64)69-58(55-63)56-65-49-12-8-4)54-60(67-51-47-44-41-38-35-32-29-26-23-20-17-14-10-6-2)61(59)68-52-48-45-42-39-36-33-30-27-24-21-18-15-11-7-3/h53-54,58,63H,5-52,55-56H2,1-4H3. The number of carbonyl (C=O) groups excluding carboxylic acids is 1. The number of unbranched alkanes of at least 4 members (excludes halogenated alkanes) is 40. The van der Waals surface area contributed by atoms with Gasteiger partial charge in [-0.15, -0.1) is 0 Å². The lowest BCUT2D eigenvalue weighted by Crippen LogP contribution is -2.27. The molecule has 1 aromatic carbocycles. The van der Waals surface area contributed by atoms with E-state index in [0.717, 1.165) is 51.4 Å². The number of hydrogen-bond acceptors (Lipinski definition) is 7. The van der Waals surface area contributed by atoms with E-state index in [1.54, 1.807) is 12.1 Å². The Balaban J connectivity index is 2.85. The van der Waals surface area contributed by atoms with Crippen molar-refractivity contribution in [2.75, 3.05) is 39.6 Å². The van der Waals surface area contributed by atoms with E-state index in [1.165, 1.54) is 231 Å². The van der Waals surface area contributed by atoms with Crippen LogP contribution >= 0.6 is 0 Å². The van der Waals surface area contributed by atoms with Gasteiger partial charge in [-0.3, -0.25) is 0 Å². The molecule has 0 saturated heterocycles. The molecule has 0 amide bonds. The molecule has 69 heavy (non-hydrogen) atoms. The van der Waals surface area contributed by atoms with Crippen molar-refractivity contribution >= 4 is 5.97 Å². The van der Waals surface area contributed by atoms with Crippen molar-refractivity contribution in [1.82, 2.24) is 0 Å². The van der Waals surface area contributed by atoms with Crippen LogP contribution in [0.1, 0.15) is 321 Å². The molecule has 0 saturated carbocycles. The van der Waals surface area contributed by atoms with Gasteiger partial charge >= 0.3 is 5.97 Å². The van der Waals surface area contributed by atoms with Gasteiger partial charge in [0.15, 0.2) is 11.5 Å². The first kappa shape index (κ1) is 65.0. The van der Waals surface area contributed by atoms with Crippen LogP contribution in [-0.2, 0) is 9.47 Å². The number of carbonyl (C=O) groups is 1. The van der Waals surface area contributed by atoms with Gasteiger partial charge in [-0.1, -0.05) is 285 Å². The van der Waals surface area contributed by atoms with Crippen LogP contribution in [0.4, 0.5) is 0 Å². The fourth-order valence-corrected chi connectivity index (χ4v) is 9.28. The summed E-state index contributed by atoms with van der Waals surface area (Å²) < 4.78 is 31.1. The molecule has 1 atom stereocenters. The highest BCUT2D eigenvalue weighted by molar-refractivity contribution is 5.91. The summed E-state index contributed by atoms with van der Waals surface area (Å²) >= 11 is 0. The van der Waals surface area contributed by atoms with E-state index in [9.17, 15) is 9.90 Å². The molecular formula is C62H116O7. The number of rotatable bonds is 56. The summed E-state index contributed by atoms with van der Waals surface area (Å²) in [5, 5.41) is 10.1. The maximum Gasteiger partial charge on any atom is 0.338 e.